The molecule has 0 bridgehead atoms. The van der Waals surface area contributed by atoms with Crippen LogP contribution in [0.1, 0.15) is 5.56 Å². The molecule has 0 aliphatic heterocycles. The van der Waals surface area contributed by atoms with Gasteiger partial charge in [0.15, 0.2) is 11.5 Å². The van der Waals surface area contributed by atoms with E-state index in [0.29, 0.717) is 11.5 Å². The molecule has 0 heterocycles. The quantitative estimate of drug-likeness (QED) is 0.629. The first-order valence-corrected chi connectivity index (χ1v) is 8.57. The predicted octanol–water partition coefficient (Wildman–Crippen LogP) is 5.02. The van der Waals surface area contributed by atoms with Crippen LogP contribution in [0.5, 0.6) is 11.5 Å². The number of para-hydroxylation sites is 1. The zero-order valence-electron chi connectivity index (χ0n) is 15.3. The van der Waals surface area contributed by atoms with Crippen molar-refractivity contribution in [3.63, 3.8) is 0 Å². The second-order valence-electron chi connectivity index (χ2n) is 5.85. The molecule has 0 radical (unpaired) electrons. The standard InChI is InChI=1S/C23H21NO3/c1-26-21-10-6-9-19(23(21)27-2)13-16-22(25)24-20-14-11-18(12-15-20)17-7-4-3-5-8-17/h3-16H,1-2H3,(H,24,25)/b16-13+. The van der Waals surface area contributed by atoms with Crippen LogP contribution in [0.25, 0.3) is 17.2 Å². The molecule has 1 N–H and O–H groups in total. The number of rotatable bonds is 6. The maximum atomic E-state index is 12.2. The molecule has 0 aromatic heterocycles. The van der Waals surface area contributed by atoms with Crippen molar-refractivity contribution in [3.05, 3.63) is 84.4 Å². The van der Waals surface area contributed by atoms with E-state index >= 15 is 0 Å². The summed E-state index contributed by atoms with van der Waals surface area (Å²) in [6, 6.07) is 23.4. The van der Waals surface area contributed by atoms with E-state index in [4.69, 9.17) is 9.47 Å². The van der Waals surface area contributed by atoms with Gasteiger partial charge >= 0.3 is 0 Å². The fourth-order valence-corrected chi connectivity index (χ4v) is 2.77. The Hall–Kier alpha value is -3.53. The number of hydrogen-bond donors (Lipinski definition) is 1. The Morgan fingerprint density at radius 2 is 1.52 bits per heavy atom. The van der Waals surface area contributed by atoms with E-state index in [1.165, 1.54) is 6.08 Å². The van der Waals surface area contributed by atoms with Crippen LogP contribution in [-0.4, -0.2) is 20.1 Å². The summed E-state index contributed by atoms with van der Waals surface area (Å²) in [6.45, 7) is 0. The molecule has 3 aromatic carbocycles. The van der Waals surface area contributed by atoms with Gasteiger partial charge in [-0.3, -0.25) is 4.79 Å². The minimum atomic E-state index is -0.215. The van der Waals surface area contributed by atoms with E-state index in [1.54, 1.807) is 20.3 Å². The summed E-state index contributed by atoms with van der Waals surface area (Å²) >= 11 is 0. The van der Waals surface area contributed by atoms with E-state index in [2.05, 4.69) is 17.4 Å². The van der Waals surface area contributed by atoms with Crippen molar-refractivity contribution in [2.75, 3.05) is 19.5 Å². The van der Waals surface area contributed by atoms with Crippen LogP contribution < -0.4 is 14.8 Å². The Bertz CT molecular complexity index is 932. The summed E-state index contributed by atoms with van der Waals surface area (Å²) in [6.07, 6.45) is 3.18. The molecular weight excluding hydrogens is 338 g/mol. The number of hydrogen-bond acceptors (Lipinski definition) is 3. The second-order valence-corrected chi connectivity index (χ2v) is 5.85. The van der Waals surface area contributed by atoms with Gasteiger partial charge in [-0.05, 0) is 35.4 Å². The Morgan fingerprint density at radius 1 is 0.815 bits per heavy atom. The van der Waals surface area contributed by atoms with Crippen LogP contribution >= 0.6 is 0 Å². The third-order valence-corrected chi connectivity index (χ3v) is 4.11. The van der Waals surface area contributed by atoms with Gasteiger partial charge in [-0.15, -0.1) is 0 Å². The highest BCUT2D eigenvalue weighted by molar-refractivity contribution is 6.02. The van der Waals surface area contributed by atoms with Gasteiger partial charge in [0, 0.05) is 17.3 Å². The topological polar surface area (TPSA) is 47.6 Å². The maximum absolute atomic E-state index is 12.2. The van der Waals surface area contributed by atoms with Crippen LogP contribution in [0.4, 0.5) is 5.69 Å². The summed E-state index contributed by atoms with van der Waals surface area (Å²) in [7, 11) is 3.15. The lowest BCUT2D eigenvalue weighted by atomic mass is 10.1. The van der Waals surface area contributed by atoms with E-state index in [-0.39, 0.29) is 5.91 Å². The molecule has 0 fully saturated rings. The SMILES string of the molecule is COc1cccc(/C=C/C(=O)Nc2ccc(-c3ccccc3)cc2)c1OC. The van der Waals surface area contributed by atoms with Gasteiger partial charge in [0.1, 0.15) is 0 Å². The summed E-state index contributed by atoms with van der Waals surface area (Å²) in [5, 5.41) is 2.86. The summed E-state index contributed by atoms with van der Waals surface area (Å²) < 4.78 is 10.6. The number of nitrogens with one attached hydrogen (secondary N) is 1. The molecule has 0 saturated heterocycles. The third kappa shape index (κ3) is 4.55. The predicted molar refractivity (Wildman–Crippen MR) is 109 cm³/mol. The Kier molecular flexibility index (Phi) is 5.90. The van der Waals surface area contributed by atoms with Crippen LogP contribution in [-0.2, 0) is 4.79 Å². The van der Waals surface area contributed by atoms with E-state index in [9.17, 15) is 4.79 Å². The number of amides is 1. The lowest BCUT2D eigenvalue weighted by Crippen LogP contribution is -2.07. The monoisotopic (exact) mass is 359 g/mol. The highest BCUT2D eigenvalue weighted by Crippen LogP contribution is 2.31. The van der Waals surface area contributed by atoms with E-state index in [0.717, 1.165) is 22.4 Å². The lowest BCUT2D eigenvalue weighted by Gasteiger charge is -2.09. The number of carbonyl (C=O) groups excluding carboxylic acids is 1. The normalized spacial score (nSPS) is 10.6. The molecule has 136 valence electrons. The molecule has 4 nitrogen and oxygen atoms in total. The molecule has 3 aromatic rings. The molecule has 0 spiro atoms. The van der Waals surface area contributed by atoms with Crippen LogP contribution in [0.2, 0.25) is 0 Å². The zero-order valence-corrected chi connectivity index (χ0v) is 15.3. The smallest absolute Gasteiger partial charge is 0.248 e. The molecular formula is C23H21NO3. The number of carbonyl (C=O) groups is 1. The van der Waals surface area contributed by atoms with Crippen molar-refractivity contribution >= 4 is 17.7 Å². The van der Waals surface area contributed by atoms with Crippen LogP contribution in [0.15, 0.2) is 78.9 Å². The fourth-order valence-electron chi connectivity index (χ4n) is 2.77. The van der Waals surface area contributed by atoms with Gasteiger partial charge in [-0.25, -0.2) is 0 Å². The van der Waals surface area contributed by atoms with Gasteiger partial charge in [0.2, 0.25) is 5.91 Å². The molecule has 0 aliphatic carbocycles. The fraction of sp³-hybridized carbons (Fsp3) is 0.0870. The average molecular weight is 359 g/mol. The van der Waals surface area contributed by atoms with Crippen molar-refractivity contribution in [3.8, 4) is 22.6 Å². The number of ether oxygens (including phenoxy) is 2. The zero-order chi connectivity index (χ0) is 19.1. The Balaban J connectivity index is 1.68. The second kappa shape index (κ2) is 8.72. The van der Waals surface area contributed by atoms with Crippen molar-refractivity contribution in [2.24, 2.45) is 0 Å². The minimum Gasteiger partial charge on any atom is -0.493 e. The number of anilines is 1. The molecule has 0 aliphatic rings. The van der Waals surface area contributed by atoms with E-state index < -0.39 is 0 Å². The first-order chi connectivity index (χ1) is 13.2. The van der Waals surface area contributed by atoms with Gasteiger partial charge in [0.25, 0.3) is 0 Å². The van der Waals surface area contributed by atoms with Gasteiger partial charge in [-0.1, -0.05) is 54.6 Å². The summed E-state index contributed by atoms with van der Waals surface area (Å²) in [5.41, 5.74) is 3.75. The highest BCUT2D eigenvalue weighted by atomic mass is 16.5. The largest absolute Gasteiger partial charge is 0.493 e. The number of methoxy groups -OCH3 is 2. The Morgan fingerprint density at radius 3 is 2.19 bits per heavy atom. The van der Waals surface area contributed by atoms with Gasteiger partial charge in [0.05, 0.1) is 14.2 Å². The van der Waals surface area contributed by atoms with Crippen LogP contribution in [0.3, 0.4) is 0 Å². The highest BCUT2D eigenvalue weighted by Gasteiger charge is 2.07. The molecule has 27 heavy (non-hydrogen) atoms. The first kappa shape index (κ1) is 18.3. The summed E-state index contributed by atoms with van der Waals surface area (Å²) in [4.78, 5) is 12.2. The molecule has 0 atom stereocenters. The molecule has 0 saturated carbocycles. The van der Waals surface area contributed by atoms with Crippen molar-refractivity contribution in [1.29, 1.82) is 0 Å². The summed E-state index contributed by atoms with van der Waals surface area (Å²) in [5.74, 6) is 1.00. The van der Waals surface area contributed by atoms with Crippen molar-refractivity contribution in [1.82, 2.24) is 0 Å². The van der Waals surface area contributed by atoms with E-state index in [1.807, 2.05) is 60.7 Å². The van der Waals surface area contributed by atoms with Crippen LogP contribution in [0, 0.1) is 0 Å². The third-order valence-electron chi connectivity index (χ3n) is 4.11. The first-order valence-electron chi connectivity index (χ1n) is 8.57. The molecule has 0 unspecified atom stereocenters. The minimum absolute atomic E-state index is 0.215. The molecule has 1 amide bonds. The van der Waals surface area contributed by atoms with Crippen molar-refractivity contribution in [2.45, 2.75) is 0 Å². The van der Waals surface area contributed by atoms with Gasteiger partial charge in [-0.2, -0.15) is 0 Å². The van der Waals surface area contributed by atoms with Gasteiger partial charge < -0.3 is 14.8 Å². The average Bonchev–Trinajstić information content (AvgIpc) is 2.73. The molecule has 4 heteroatoms. The number of benzene rings is 3. The lowest BCUT2D eigenvalue weighted by molar-refractivity contribution is -0.111. The maximum Gasteiger partial charge on any atom is 0.248 e. The Labute approximate surface area is 159 Å². The van der Waals surface area contributed by atoms with Crippen molar-refractivity contribution < 1.29 is 14.3 Å². The molecule has 3 rings (SSSR count).